The van der Waals surface area contributed by atoms with Crippen molar-refractivity contribution < 1.29 is 28.9 Å². The number of nitrogens with zero attached hydrogens (tertiary/aromatic N) is 2. The van der Waals surface area contributed by atoms with Gasteiger partial charge in [-0.05, 0) is 5.56 Å². The Morgan fingerprint density at radius 2 is 1.80 bits per heavy atom. The van der Waals surface area contributed by atoms with Crippen molar-refractivity contribution in [3.8, 4) is 22.1 Å². The molecule has 1 aromatic heterocycles. The van der Waals surface area contributed by atoms with Gasteiger partial charge in [0.15, 0.2) is 11.5 Å². The lowest BCUT2D eigenvalue weighted by molar-refractivity contribution is -0.115. The monoisotopic (exact) mass is 497 g/mol. The largest absolute Gasteiger partial charge is 0.493 e. The van der Waals surface area contributed by atoms with Gasteiger partial charge in [-0.3, -0.25) is 9.69 Å². The number of carbonyl (C=O) groups excluding carboxylic acids is 1. The van der Waals surface area contributed by atoms with Crippen LogP contribution in [0.3, 0.4) is 0 Å². The fourth-order valence-electron chi connectivity index (χ4n) is 3.81. The summed E-state index contributed by atoms with van der Waals surface area (Å²) in [6.45, 7) is 4.32. The molecule has 1 saturated heterocycles. The van der Waals surface area contributed by atoms with Gasteiger partial charge in [-0.25, -0.2) is 9.78 Å². The zero-order chi connectivity index (χ0) is 24.8. The molecular weight excluding hydrogens is 470 g/mol. The highest BCUT2D eigenvalue weighted by molar-refractivity contribution is 7.13. The van der Waals surface area contributed by atoms with E-state index in [9.17, 15) is 14.7 Å². The molecule has 0 radical (unpaired) electrons. The predicted octanol–water partition coefficient (Wildman–Crippen LogP) is 3.54. The van der Waals surface area contributed by atoms with E-state index in [0.29, 0.717) is 11.4 Å². The van der Waals surface area contributed by atoms with Crippen molar-refractivity contribution in [1.29, 1.82) is 0 Å². The summed E-state index contributed by atoms with van der Waals surface area (Å²) in [5, 5.41) is 14.8. The van der Waals surface area contributed by atoms with Crippen LogP contribution >= 0.6 is 11.3 Å². The Morgan fingerprint density at radius 3 is 2.46 bits per heavy atom. The number of aromatic carboxylic acids is 1. The Hall–Kier alpha value is -3.47. The van der Waals surface area contributed by atoms with Crippen LogP contribution in [0.15, 0.2) is 41.8 Å². The summed E-state index contributed by atoms with van der Waals surface area (Å²) in [7, 11) is 2.86. The lowest BCUT2D eigenvalue weighted by Gasteiger charge is -2.26. The number of amides is 1. The SMILES string of the molecule is COc1cc(NC(=O)Cc2csc(-c3ccc(CN4CCOCC4)cc3)n2)c(C(=O)O)cc1OC. The Morgan fingerprint density at radius 1 is 1.11 bits per heavy atom. The van der Waals surface area contributed by atoms with Crippen LogP contribution in [0.4, 0.5) is 5.69 Å². The van der Waals surface area contributed by atoms with Crippen LogP contribution < -0.4 is 14.8 Å². The summed E-state index contributed by atoms with van der Waals surface area (Å²) in [5.74, 6) is -0.976. The van der Waals surface area contributed by atoms with Crippen molar-refractivity contribution in [2.75, 3.05) is 45.8 Å². The number of hydrogen-bond donors (Lipinski definition) is 2. The maximum absolute atomic E-state index is 12.7. The third-order valence-corrected chi connectivity index (χ3v) is 6.57. The number of ether oxygens (including phenoxy) is 3. The standard InChI is InChI=1S/C25H27N3O6S/c1-32-21-12-19(25(30)31)20(13-22(21)33-2)27-23(29)11-18-15-35-24(26-18)17-5-3-16(4-6-17)14-28-7-9-34-10-8-28/h3-6,12-13,15H,7-11,14H2,1-2H3,(H,27,29)(H,30,31). The van der Waals surface area contributed by atoms with E-state index in [1.165, 1.54) is 43.3 Å². The van der Waals surface area contributed by atoms with Crippen molar-refractivity contribution in [3.05, 3.63) is 58.6 Å². The van der Waals surface area contributed by atoms with Crippen LogP contribution in [-0.2, 0) is 22.5 Å². The molecule has 1 aliphatic rings. The van der Waals surface area contributed by atoms with Crippen LogP contribution in [0.1, 0.15) is 21.6 Å². The second-order valence-electron chi connectivity index (χ2n) is 8.01. The number of nitrogens with one attached hydrogen (secondary N) is 1. The predicted molar refractivity (Wildman–Crippen MR) is 132 cm³/mol. The second kappa shape index (κ2) is 11.3. The van der Waals surface area contributed by atoms with Crippen LogP contribution in [0.2, 0.25) is 0 Å². The van der Waals surface area contributed by atoms with E-state index in [1.807, 2.05) is 17.5 Å². The molecule has 35 heavy (non-hydrogen) atoms. The number of carbonyl (C=O) groups is 2. The normalized spacial score (nSPS) is 13.9. The third-order valence-electron chi connectivity index (χ3n) is 5.63. The number of anilines is 1. The van der Waals surface area contributed by atoms with Gasteiger partial charge in [-0.15, -0.1) is 11.3 Å². The van der Waals surface area contributed by atoms with E-state index in [2.05, 4.69) is 27.3 Å². The summed E-state index contributed by atoms with van der Waals surface area (Å²) >= 11 is 1.46. The quantitative estimate of drug-likeness (QED) is 0.462. The average Bonchev–Trinajstić information content (AvgIpc) is 3.32. The van der Waals surface area contributed by atoms with Crippen molar-refractivity contribution in [3.63, 3.8) is 0 Å². The van der Waals surface area contributed by atoms with E-state index < -0.39 is 5.97 Å². The topological polar surface area (TPSA) is 110 Å². The molecular formula is C25H27N3O6S. The van der Waals surface area contributed by atoms with E-state index in [0.717, 1.165) is 43.4 Å². The van der Waals surface area contributed by atoms with Gasteiger partial charge in [0.1, 0.15) is 5.01 Å². The molecule has 1 fully saturated rings. The minimum Gasteiger partial charge on any atom is -0.493 e. The number of benzene rings is 2. The number of hydrogen-bond acceptors (Lipinski definition) is 8. The summed E-state index contributed by atoms with van der Waals surface area (Å²) in [4.78, 5) is 31.3. The second-order valence-corrected chi connectivity index (χ2v) is 8.87. The molecule has 184 valence electrons. The summed E-state index contributed by atoms with van der Waals surface area (Å²) < 4.78 is 15.8. The maximum atomic E-state index is 12.7. The fraction of sp³-hybridized carbons (Fsp3) is 0.320. The van der Waals surface area contributed by atoms with Gasteiger partial charge in [0.2, 0.25) is 5.91 Å². The van der Waals surface area contributed by atoms with E-state index in [-0.39, 0.29) is 29.3 Å². The highest BCUT2D eigenvalue weighted by Crippen LogP contribution is 2.33. The Bertz CT molecular complexity index is 1190. The van der Waals surface area contributed by atoms with Gasteiger partial charge in [-0.2, -0.15) is 0 Å². The Balaban J connectivity index is 1.41. The van der Waals surface area contributed by atoms with Gasteiger partial charge in [0.05, 0.1) is 50.8 Å². The molecule has 0 aliphatic carbocycles. The molecule has 0 bridgehead atoms. The smallest absolute Gasteiger partial charge is 0.337 e. The first-order valence-electron chi connectivity index (χ1n) is 11.1. The number of thiazole rings is 1. The molecule has 1 amide bonds. The number of aromatic nitrogens is 1. The molecule has 4 rings (SSSR count). The van der Waals surface area contributed by atoms with E-state index >= 15 is 0 Å². The first-order valence-corrected chi connectivity index (χ1v) is 12.0. The lowest BCUT2D eigenvalue weighted by atomic mass is 10.1. The third kappa shape index (κ3) is 6.16. The number of morpholine rings is 1. The van der Waals surface area contributed by atoms with Gasteiger partial charge < -0.3 is 24.6 Å². The summed E-state index contributed by atoms with van der Waals surface area (Å²) in [6, 6.07) is 11.0. The highest BCUT2D eigenvalue weighted by atomic mass is 32.1. The minimum atomic E-state index is -1.19. The van der Waals surface area contributed by atoms with Crippen LogP contribution in [-0.4, -0.2) is 67.4 Å². The Kier molecular flexibility index (Phi) is 7.96. The van der Waals surface area contributed by atoms with Gasteiger partial charge in [-0.1, -0.05) is 24.3 Å². The van der Waals surface area contributed by atoms with Crippen LogP contribution in [0.5, 0.6) is 11.5 Å². The first-order chi connectivity index (χ1) is 17.0. The number of carboxylic acids is 1. The summed E-state index contributed by atoms with van der Waals surface area (Å²) in [5.41, 5.74) is 2.87. The van der Waals surface area contributed by atoms with Gasteiger partial charge in [0.25, 0.3) is 0 Å². The molecule has 0 unspecified atom stereocenters. The molecule has 10 heteroatoms. The zero-order valence-corrected chi connectivity index (χ0v) is 20.4. The maximum Gasteiger partial charge on any atom is 0.337 e. The van der Waals surface area contributed by atoms with E-state index in [1.54, 1.807) is 0 Å². The molecule has 2 heterocycles. The van der Waals surface area contributed by atoms with Crippen molar-refractivity contribution in [2.45, 2.75) is 13.0 Å². The summed E-state index contributed by atoms with van der Waals surface area (Å²) in [6.07, 6.45) is 0.0129. The minimum absolute atomic E-state index is 0.0129. The molecule has 2 N–H and O–H groups in total. The molecule has 0 saturated carbocycles. The first kappa shape index (κ1) is 24.6. The molecule has 2 aromatic carbocycles. The van der Waals surface area contributed by atoms with Crippen molar-refractivity contribution in [2.24, 2.45) is 0 Å². The van der Waals surface area contributed by atoms with Crippen LogP contribution in [0, 0.1) is 0 Å². The average molecular weight is 498 g/mol. The van der Waals surface area contributed by atoms with Crippen molar-refractivity contribution >= 4 is 28.9 Å². The molecule has 0 spiro atoms. The van der Waals surface area contributed by atoms with Crippen molar-refractivity contribution in [1.82, 2.24) is 9.88 Å². The van der Waals surface area contributed by atoms with E-state index in [4.69, 9.17) is 14.2 Å². The fourth-order valence-corrected chi connectivity index (χ4v) is 4.64. The molecule has 3 aromatic rings. The van der Waals surface area contributed by atoms with Crippen LogP contribution in [0.25, 0.3) is 10.6 Å². The number of rotatable bonds is 9. The molecule has 9 nitrogen and oxygen atoms in total. The lowest BCUT2D eigenvalue weighted by Crippen LogP contribution is -2.35. The molecule has 1 aliphatic heterocycles. The zero-order valence-electron chi connectivity index (χ0n) is 19.6. The number of carboxylic acid groups (broad SMARTS) is 1. The Labute approximate surface area is 207 Å². The van der Waals surface area contributed by atoms with Gasteiger partial charge >= 0.3 is 5.97 Å². The highest BCUT2D eigenvalue weighted by Gasteiger charge is 2.19. The molecule has 0 atom stereocenters. The number of methoxy groups -OCH3 is 2. The van der Waals surface area contributed by atoms with Gasteiger partial charge in [0, 0.05) is 42.7 Å².